The molecule has 2 heterocycles. The molecule has 0 atom stereocenters. The molecule has 0 aliphatic heterocycles. The second-order valence-corrected chi connectivity index (χ2v) is 4.31. The van der Waals surface area contributed by atoms with Gasteiger partial charge in [-0.05, 0) is 17.7 Å². The van der Waals surface area contributed by atoms with E-state index < -0.39 is 5.76 Å². The molecule has 3 aromatic rings. The lowest BCUT2D eigenvalue weighted by atomic mass is 10.2. The zero-order chi connectivity index (χ0) is 13.2. The molecule has 0 radical (unpaired) electrons. The van der Waals surface area contributed by atoms with E-state index in [1.54, 1.807) is 18.2 Å². The lowest BCUT2D eigenvalue weighted by molar-refractivity contribution is 0.555. The van der Waals surface area contributed by atoms with Crippen molar-refractivity contribution in [2.45, 2.75) is 6.54 Å². The van der Waals surface area contributed by atoms with E-state index in [4.69, 9.17) is 16.0 Å². The highest BCUT2D eigenvalue weighted by Gasteiger charge is 2.02. The first-order valence-corrected chi connectivity index (χ1v) is 5.92. The van der Waals surface area contributed by atoms with Gasteiger partial charge in [0, 0.05) is 12.6 Å². The molecule has 2 aromatic heterocycles. The molecule has 0 saturated carbocycles. The van der Waals surface area contributed by atoms with Crippen LogP contribution >= 0.6 is 11.6 Å². The summed E-state index contributed by atoms with van der Waals surface area (Å²) in [6, 6.07) is 7.12. The van der Waals surface area contributed by atoms with Crippen molar-refractivity contribution in [3.63, 3.8) is 0 Å². The highest BCUT2D eigenvalue weighted by atomic mass is 35.5. The Hall–Kier alpha value is -2.34. The number of rotatable bonds is 3. The monoisotopic (exact) mass is 276 g/mol. The second-order valence-electron chi connectivity index (χ2n) is 3.92. The third-order valence-electron chi connectivity index (χ3n) is 2.59. The molecule has 0 aliphatic carbocycles. The quantitative estimate of drug-likeness (QED) is 0.716. The Kier molecular flexibility index (Phi) is 2.92. The molecule has 96 valence electrons. The minimum atomic E-state index is -0.456. The fourth-order valence-electron chi connectivity index (χ4n) is 1.72. The van der Waals surface area contributed by atoms with Gasteiger partial charge < -0.3 is 9.73 Å². The number of hydrogen-bond acceptors (Lipinski definition) is 5. The van der Waals surface area contributed by atoms with Gasteiger partial charge in [-0.2, -0.15) is 0 Å². The predicted molar refractivity (Wildman–Crippen MR) is 71.2 cm³/mol. The van der Waals surface area contributed by atoms with Crippen LogP contribution in [0.5, 0.6) is 0 Å². The first-order chi connectivity index (χ1) is 9.20. The number of anilines is 1. The number of fused-ring (bicyclic) bond motifs is 1. The SMILES string of the molecule is O=c1[nH]c2ccc(CNc3cc(Cl)ncn3)cc2o1. The molecule has 0 unspecified atom stereocenters. The maximum Gasteiger partial charge on any atom is 0.417 e. The van der Waals surface area contributed by atoms with E-state index in [-0.39, 0.29) is 0 Å². The predicted octanol–water partition coefficient (Wildman–Crippen LogP) is 2.18. The summed E-state index contributed by atoms with van der Waals surface area (Å²) in [6.07, 6.45) is 1.39. The Morgan fingerprint density at radius 1 is 1.32 bits per heavy atom. The molecule has 0 saturated heterocycles. The van der Waals surface area contributed by atoms with Gasteiger partial charge in [0.25, 0.3) is 0 Å². The van der Waals surface area contributed by atoms with E-state index in [2.05, 4.69) is 20.3 Å². The van der Waals surface area contributed by atoms with Crippen LogP contribution in [0.25, 0.3) is 11.1 Å². The number of nitrogens with one attached hydrogen (secondary N) is 2. The summed E-state index contributed by atoms with van der Waals surface area (Å²) in [6.45, 7) is 0.540. The highest BCUT2D eigenvalue weighted by molar-refractivity contribution is 6.29. The summed E-state index contributed by atoms with van der Waals surface area (Å²) in [7, 11) is 0. The molecule has 0 fully saturated rings. The van der Waals surface area contributed by atoms with Crippen molar-refractivity contribution in [1.29, 1.82) is 0 Å². The standard InChI is InChI=1S/C12H9ClN4O2/c13-10-4-11(16-6-15-10)14-5-7-1-2-8-9(3-7)19-12(18)17-8/h1-4,6H,5H2,(H,17,18)(H,14,15,16). The van der Waals surface area contributed by atoms with Crippen LogP contribution in [0.4, 0.5) is 5.82 Å². The summed E-state index contributed by atoms with van der Waals surface area (Å²) in [5.41, 5.74) is 2.17. The molecule has 1 aromatic carbocycles. The van der Waals surface area contributed by atoms with Crippen LogP contribution in [-0.2, 0) is 6.54 Å². The number of aromatic nitrogens is 3. The van der Waals surface area contributed by atoms with Gasteiger partial charge in [-0.1, -0.05) is 17.7 Å². The van der Waals surface area contributed by atoms with Crippen molar-refractivity contribution < 1.29 is 4.42 Å². The van der Waals surface area contributed by atoms with E-state index in [1.807, 2.05) is 6.07 Å². The van der Waals surface area contributed by atoms with Gasteiger partial charge in [-0.3, -0.25) is 4.98 Å². The number of hydrogen-bond donors (Lipinski definition) is 2. The van der Waals surface area contributed by atoms with Gasteiger partial charge in [-0.25, -0.2) is 14.8 Å². The maximum atomic E-state index is 11.0. The summed E-state index contributed by atoms with van der Waals surface area (Å²) in [4.78, 5) is 21.5. The average molecular weight is 277 g/mol. The van der Waals surface area contributed by atoms with Crippen LogP contribution in [0.1, 0.15) is 5.56 Å². The molecular weight excluding hydrogens is 268 g/mol. The third-order valence-corrected chi connectivity index (χ3v) is 2.80. The van der Waals surface area contributed by atoms with Gasteiger partial charge in [-0.15, -0.1) is 0 Å². The fourth-order valence-corrected chi connectivity index (χ4v) is 1.87. The van der Waals surface area contributed by atoms with Gasteiger partial charge >= 0.3 is 5.76 Å². The minimum Gasteiger partial charge on any atom is -0.408 e. The van der Waals surface area contributed by atoms with Crippen molar-refractivity contribution in [3.8, 4) is 0 Å². The number of oxazole rings is 1. The number of H-pyrrole nitrogens is 1. The normalized spacial score (nSPS) is 10.8. The summed E-state index contributed by atoms with van der Waals surface area (Å²) >= 11 is 5.76. The molecule has 7 heteroatoms. The molecule has 19 heavy (non-hydrogen) atoms. The second kappa shape index (κ2) is 4.74. The lowest BCUT2D eigenvalue weighted by Gasteiger charge is -2.05. The van der Waals surface area contributed by atoms with E-state index in [1.165, 1.54) is 6.33 Å². The Morgan fingerprint density at radius 2 is 2.21 bits per heavy atom. The first-order valence-electron chi connectivity index (χ1n) is 5.54. The van der Waals surface area contributed by atoms with Crippen LogP contribution in [0.3, 0.4) is 0 Å². The van der Waals surface area contributed by atoms with Crippen LogP contribution in [0.15, 0.2) is 39.8 Å². The van der Waals surface area contributed by atoms with Crippen molar-refractivity contribution in [3.05, 3.63) is 51.9 Å². The summed E-state index contributed by atoms with van der Waals surface area (Å²) in [5.74, 6) is 0.179. The lowest BCUT2D eigenvalue weighted by Crippen LogP contribution is -2.01. The topological polar surface area (TPSA) is 83.8 Å². The highest BCUT2D eigenvalue weighted by Crippen LogP contribution is 2.14. The van der Waals surface area contributed by atoms with Gasteiger partial charge in [0.05, 0.1) is 5.52 Å². The number of benzene rings is 1. The average Bonchev–Trinajstić information content (AvgIpc) is 2.75. The molecule has 6 nitrogen and oxygen atoms in total. The Balaban J connectivity index is 1.79. The molecule has 0 spiro atoms. The Labute approximate surface area is 112 Å². The minimum absolute atomic E-state index is 0.379. The van der Waals surface area contributed by atoms with Crippen molar-refractivity contribution in [2.24, 2.45) is 0 Å². The molecule has 2 N–H and O–H groups in total. The largest absolute Gasteiger partial charge is 0.417 e. The van der Waals surface area contributed by atoms with Crippen LogP contribution in [-0.4, -0.2) is 15.0 Å². The molecular formula is C12H9ClN4O2. The van der Waals surface area contributed by atoms with Gasteiger partial charge in [0.2, 0.25) is 0 Å². The van der Waals surface area contributed by atoms with Crippen molar-refractivity contribution in [2.75, 3.05) is 5.32 Å². The van der Waals surface area contributed by atoms with E-state index in [0.29, 0.717) is 28.6 Å². The van der Waals surface area contributed by atoms with Gasteiger partial charge in [0.1, 0.15) is 17.3 Å². The maximum absolute atomic E-state index is 11.0. The third kappa shape index (κ3) is 2.58. The number of nitrogens with zero attached hydrogens (tertiary/aromatic N) is 2. The summed E-state index contributed by atoms with van der Waals surface area (Å²) < 4.78 is 4.99. The van der Waals surface area contributed by atoms with E-state index in [0.717, 1.165) is 5.56 Å². The molecule has 0 aliphatic rings. The van der Waals surface area contributed by atoms with Crippen molar-refractivity contribution >= 4 is 28.5 Å². The Morgan fingerprint density at radius 3 is 3.05 bits per heavy atom. The zero-order valence-corrected chi connectivity index (χ0v) is 10.4. The Bertz CT molecular complexity index is 780. The zero-order valence-electron chi connectivity index (χ0n) is 9.68. The number of halogens is 1. The molecule has 0 amide bonds. The van der Waals surface area contributed by atoms with Gasteiger partial charge in [0.15, 0.2) is 5.58 Å². The van der Waals surface area contributed by atoms with Crippen LogP contribution in [0, 0.1) is 0 Å². The van der Waals surface area contributed by atoms with Crippen LogP contribution < -0.4 is 11.1 Å². The number of aromatic amines is 1. The smallest absolute Gasteiger partial charge is 0.408 e. The molecule has 3 rings (SSSR count). The van der Waals surface area contributed by atoms with Crippen LogP contribution in [0.2, 0.25) is 5.15 Å². The summed E-state index contributed by atoms with van der Waals surface area (Å²) in [5, 5.41) is 3.49. The van der Waals surface area contributed by atoms with E-state index >= 15 is 0 Å². The first kappa shape index (κ1) is 11.7. The van der Waals surface area contributed by atoms with Crippen molar-refractivity contribution in [1.82, 2.24) is 15.0 Å². The van der Waals surface area contributed by atoms with E-state index in [9.17, 15) is 4.79 Å². The molecule has 0 bridgehead atoms. The fraction of sp³-hybridized carbons (Fsp3) is 0.0833.